The second kappa shape index (κ2) is 5.22. The van der Waals surface area contributed by atoms with Crippen molar-refractivity contribution >= 4 is 0 Å². The zero-order valence-electron chi connectivity index (χ0n) is 10.9. The lowest BCUT2D eigenvalue weighted by Crippen LogP contribution is -2.31. The Balaban J connectivity index is 2.41. The molecule has 0 saturated heterocycles. The largest absolute Gasteiger partial charge is 0.476 e. The third-order valence-electron chi connectivity index (χ3n) is 3.88. The average Bonchev–Trinajstić information content (AvgIpc) is 2.74. The zero-order valence-corrected chi connectivity index (χ0v) is 10.9. The molecule has 0 bridgehead atoms. The Hall–Kier alpha value is -1.16. The van der Waals surface area contributed by atoms with Crippen LogP contribution in [-0.4, -0.2) is 16.7 Å². The van der Waals surface area contributed by atoms with Gasteiger partial charge in [0.15, 0.2) is 5.82 Å². The Morgan fingerprint density at radius 3 is 3.00 bits per heavy atom. The fourth-order valence-electron chi connectivity index (χ4n) is 2.95. The van der Waals surface area contributed by atoms with Crippen LogP contribution in [0.5, 0.6) is 5.88 Å². The Morgan fingerprint density at radius 2 is 2.33 bits per heavy atom. The van der Waals surface area contributed by atoms with Gasteiger partial charge in [0.05, 0.1) is 12.2 Å². The van der Waals surface area contributed by atoms with Gasteiger partial charge >= 0.3 is 0 Å². The lowest BCUT2D eigenvalue weighted by atomic mass is 9.82. The van der Waals surface area contributed by atoms with Crippen LogP contribution in [0.3, 0.4) is 0 Å². The third-order valence-corrected chi connectivity index (χ3v) is 3.88. The van der Waals surface area contributed by atoms with Crippen molar-refractivity contribution in [3.63, 3.8) is 0 Å². The summed E-state index contributed by atoms with van der Waals surface area (Å²) in [5.41, 5.74) is -0.724. The minimum Gasteiger partial charge on any atom is -0.476 e. The molecule has 0 amide bonds. The quantitative estimate of drug-likeness (QED) is 0.897. The molecule has 1 aliphatic rings. The first kappa shape index (κ1) is 13.3. The first-order chi connectivity index (χ1) is 8.63. The summed E-state index contributed by atoms with van der Waals surface area (Å²) in [6.07, 6.45) is 4.84. The molecular formula is C14H20FNO2. The number of nitrogens with zero attached hydrogens (tertiary/aromatic N) is 1. The summed E-state index contributed by atoms with van der Waals surface area (Å²) in [5, 5.41) is 10.8. The predicted octanol–water partition coefficient (Wildman–Crippen LogP) is 3.02. The Bertz CT molecular complexity index is 424. The van der Waals surface area contributed by atoms with E-state index in [2.05, 4.69) is 4.98 Å². The topological polar surface area (TPSA) is 42.4 Å². The van der Waals surface area contributed by atoms with Gasteiger partial charge in [-0.3, -0.25) is 0 Å². The normalized spacial score (nSPS) is 27.4. The molecule has 1 aromatic heterocycles. The maximum atomic E-state index is 14.3. The maximum Gasteiger partial charge on any atom is 0.250 e. The molecule has 2 atom stereocenters. The molecule has 18 heavy (non-hydrogen) atoms. The van der Waals surface area contributed by atoms with Crippen molar-refractivity contribution in [1.82, 2.24) is 4.98 Å². The molecule has 100 valence electrons. The second-order valence-electron chi connectivity index (χ2n) is 4.83. The van der Waals surface area contributed by atoms with E-state index in [9.17, 15) is 9.50 Å². The van der Waals surface area contributed by atoms with Crippen LogP contribution < -0.4 is 4.74 Å². The first-order valence-electron chi connectivity index (χ1n) is 6.63. The number of aliphatic hydroxyl groups is 1. The molecule has 1 aromatic rings. The van der Waals surface area contributed by atoms with Gasteiger partial charge in [0.2, 0.25) is 0 Å². The molecule has 0 aliphatic heterocycles. The van der Waals surface area contributed by atoms with E-state index >= 15 is 0 Å². The van der Waals surface area contributed by atoms with Crippen molar-refractivity contribution in [3.8, 4) is 5.88 Å². The molecule has 1 N–H and O–H groups in total. The maximum absolute atomic E-state index is 14.3. The van der Waals surface area contributed by atoms with Crippen LogP contribution in [0.25, 0.3) is 0 Å². The van der Waals surface area contributed by atoms with Crippen molar-refractivity contribution < 1.29 is 14.2 Å². The Labute approximate surface area is 107 Å². The van der Waals surface area contributed by atoms with Crippen molar-refractivity contribution in [1.29, 1.82) is 0 Å². The summed E-state index contributed by atoms with van der Waals surface area (Å²) in [7, 11) is 0. The highest BCUT2D eigenvalue weighted by Gasteiger charge is 2.43. The summed E-state index contributed by atoms with van der Waals surface area (Å²) in [6, 6.07) is 1.58. The molecule has 0 spiro atoms. The SMILES string of the molecule is CCOc1nccc(C2(O)CCCC2CC)c1F. The predicted molar refractivity (Wildman–Crippen MR) is 66.9 cm³/mol. The van der Waals surface area contributed by atoms with E-state index < -0.39 is 11.4 Å². The van der Waals surface area contributed by atoms with Gasteiger partial charge in [0.25, 0.3) is 5.88 Å². The zero-order chi connectivity index (χ0) is 13.2. The molecule has 1 aliphatic carbocycles. The van der Waals surface area contributed by atoms with Crippen LogP contribution in [-0.2, 0) is 5.60 Å². The summed E-state index contributed by atoms with van der Waals surface area (Å²) >= 11 is 0. The van der Waals surface area contributed by atoms with Crippen molar-refractivity contribution in [3.05, 3.63) is 23.6 Å². The second-order valence-corrected chi connectivity index (χ2v) is 4.83. The summed E-state index contributed by atoms with van der Waals surface area (Å²) < 4.78 is 19.5. The van der Waals surface area contributed by atoms with Gasteiger partial charge in [-0.1, -0.05) is 13.3 Å². The molecule has 1 heterocycles. The highest BCUT2D eigenvalue weighted by molar-refractivity contribution is 5.30. The number of rotatable bonds is 4. The number of aromatic nitrogens is 1. The van der Waals surface area contributed by atoms with Crippen molar-refractivity contribution in [2.24, 2.45) is 5.92 Å². The van der Waals surface area contributed by atoms with Gasteiger partial charge < -0.3 is 9.84 Å². The molecule has 4 heteroatoms. The van der Waals surface area contributed by atoms with Crippen LogP contribution in [0.4, 0.5) is 4.39 Å². The van der Waals surface area contributed by atoms with E-state index in [1.165, 1.54) is 6.20 Å². The highest BCUT2D eigenvalue weighted by Crippen LogP contribution is 2.46. The van der Waals surface area contributed by atoms with Crippen molar-refractivity contribution in [2.45, 2.75) is 45.1 Å². The van der Waals surface area contributed by atoms with Crippen LogP contribution in [0.1, 0.15) is 45.1 Å². The molecule has 2 unspecified atom stereocenters. The number of hydrogen-bond acceptors (Lipinski definition) is 3. The fraction of sp³-hybridized carbons (Fsp3) is 0.643. The summed E-state index contributed by atoms with van der Waals surface area (Å²) in [4.78, 5) is 3.87. The molecule has 1 saturated carbocycles. The van der Waals surface area contributed by atoms with Gasteiger partial charge in [0, 0.05) is 11.8 Å². The Kier molecular flexibility index (Phi) is 3.85. The monoisotopic (exact) mass is 253 g/mol. The molecule has 0 radical (unpaired) electrons. The van der Waals surface area contributed by atoms with Gasteiger partial charge in [-0.15, -0.1) is 0 Å². The van der Waals surface area contributed by atoms with Crippen molar-refractivity contribution in [2.75, 3.05) is 6.61 Å². The fourth-order valence-corrected chi connectivity index (χ4v) is 2.95. The van der Waals surface area contributed by atoms with Gasteiger partial charge in [-0.05, 0) is 38.2 Å². The molecule has 3 nitrogen and oxygen atoms in total. The Morgan fingerprint density at radius 1 is 1.56 bits per heavy atom. The summed E-state index contributed by atoms with van der Waals surface area (Å²) in [5.74, 6) is -0.406. The molecule has 0 aromatic carbocycles. The lowest BCUT2D eigenvalue weighted by Gasteiger charge is -2.30. The van der Waals surface area contributed by atoms with E-state index in [1.54, 1.807) is 13.0 Å². The molecule has 1 fully saturated rings. The van der Waals surface area contributed by atoms with E-state index in [1.807, 2.05) is 6.92 Å². The van der Waals surface area contributed by atoms with Gasteiger partial charge in [-0.2, -0.15) is 0 Å². The first-order valence-corrected chi connectivity index (χ1v) is 6.63. The van der Waals surface area contributed by atoms with E-state index in [-0.39, 0.29) is 11.8 Å². The standard InChI is InChI=1S/C14H20FNO2/c1-3-10-6-5-8-14(10,17)11-7-9-16-13(12(11)15)18-4-2/h7,9-10,17H,3-6,8H2,1-2H3. The van der Waals surface area contributed by atoms with E-state index in [0.29, 0.717) is 18.6 Å². The number of halogens is 1. The van der Waals surface area contributed by atoms with Crippen LogP contribution >= 0.6 is 0 Å². The molecular weight excluding hydrogens is 233 g/mol. The van der Waals surface area contributed by atoms with Crippen LogP contribution in [0.2, 0.25) is 0 Å². The van der Waals surface area contributed by atoms with E-state index in [0.717, 1.165) is 19.3 Å². The minimum absolute atomic E-state index is 0.00909. The summed E-state index contributed by atoms with van der Waals surface area (Å²) in [6.45, 7) is 4.18. The highest BCUT2D eigenvalue weighted by atomic mass is 19.1. The van der Waals surface area contributed by atoms with E-state index in [4.69, 9.17) is 4.74 Å². The van der Waals surface area contributed by atoms with Crippen LogP contribution in [0.15, 0.2) is 12.3 Å². The lowest BCUT2D eigenvalue weighted by molar-refractivity contribution is -0.00763. The number of hydrogen-bond donors (Lipinski definition) is 1. The van der Waals surface area contributed by atoms with Gasteiger partial charge in [0.1, 0.15) is 0 Å². The third kappa shape index (κ3) is 2.09. The number of pyridine rings is 1. The minimum atomic E-state index is -1.06. The van der Waals surface area contributed by atoms with Crippen LogP contribution in [0, 0.1) is 11.7 Å². The average molecular weight is 253 g/mol. The van der Waals surface area contributed by atoms with Gasteiger partial charge in [-0.25, -0.2) is 9.37 Å². The number of ether oxygens (including phenoxy) is 1. The molecule has 2 rings (SSSR count). The smallest absolute Gasteiger partial charge is 0.250 e.